The van der Waals surface area contributed by atoms with Gasteiger partial charge in [-0.2, -0.15) is 0 Å². The predicted molar refractivity (Wildman–Crippen MR) is 112 cm³/mol. The minimum atomic E-state index is -1.16. The highest BCUT2D eigenvalue weighted by molar-refractivity contribution is 6.10. The molecule has 1 aliphatic heterocycles. The molecule has 0 unspecified atom stereocenters. The van der Waals surface area contributed by atoms with Gasteiger partial charge in [-0.25, -0.2) is 0 Å². The molecule has 5 nitrogen and oxygen atoms in total. The molecule has 0 aromatic heterocycles. The maximum atomic E-state index is 13.7. The summed E-state index contributed by atoms with van der Waals surface area (Å²) in [7, 11) is 0. The molecule has 0 bridgehead atoms. The molecule has 0 aromatic rings. The van der Waals surface area contributed by atoms with Crippen molar-refractivity contribution in [3.63, 3.8) is 0 Å². The Morgan fingerprint density at radius 3 is 2.48 bits per heavy atom. The zero-order chi connectivity index (χ0) is 21.5. The number of rotatable bonds is 2. The topological polar surface area (TPSA) is 83.5 Å². The third-order valence-electron chi connectivity index (χ3n) is 7.31. The van der Waals surface area contributed by atoms with Crippen molar-refractivity contribution < 1.29 is 19.5 Å². The molecule has 1 spiro atoms. The first kappa shape index (κ1) is 21.9. The van der Waals surface area contributed by atoms with Gasteiger partial charge in [0.2, 0.25) is 5.91 Å². The minimum Gasteiger partial charge on any atom is -0.385 e. The molecule has 2 N–H and O–H groups in total. The average Bonchev–Trinajstić information content (AvgIpc) is 2.93. The van der Waals surface area contributed by atoms with Crippen molar-refractivity contribution in [2.45, 2.75) is 78.9 Å². The molecule has 1 heterocycles. The van der Waals surface area contributed by atoms with Crippen LogP contribution < -0.4 is 5.32 Å². The van der Waals surface area contributed by atoms with Gasteiger partial charge in [-0.05, 0) is 44.9 Å². The van der Waals surface area contributed by atoms with Crippen LogP contribution in [0, 0.1) is 29.1 Å². The van der Waals surface area contributed by atoms with Crippen LogP contribution in [0.4, 0.5) is 0 Å². The van der Waals surface area contributed by atoms with Gasteiger partial charge in [0.15, 0.2) is 5.78 Å². The van der Waals surface area contributed by atoms with Gasteiger partial charge < -0.3 is 10.4 Å². The summed E-state index contributed by atoms with van der Waals surface area (Å²) in [5.74, 6) is -0.556. The van der Waals surface area contributed by atoms with E-state index in [1.165, 1.54) is 5.57 Å². The zero-order valence-electron chi connectivity index (χ0n) is 18.3. The van der Waals surface area contributed by atoms with E-state index in [1.54, 1.807) is 0 Å². The summed E-state index contributed by atoms with van der Waals surface area (Å²) in [6.45, 7) is 10.4. The van der Waals surface area contributed by atoms with Gasteiger partial charge in [0.1, 0.15) is 17.3 Å². The number of hydrogen-bond donors (Lipinski definition) is 2. The van der Waals surface area contributed by atoms with Gasteiger partial charge >= 0.3 is 0 Å². The highest BCUT2D eigenvalue weighted by Gasteiger charge is 2.65. The summed E-state index contributed by atoms with van der Waals surface area (Å²) in [6, 6.07) is -0.0484. The van der Waals surface area contributed by atoms with Crippen LogP contribution in [0.25, 0.3) is 0 Å². The van der Waals surface area contributed by atoms with Crippen LogP contribution in [0.15, 0.2) is 23.3 Å². The maximum Gasteiger partial charge on any atom is 0.235 e. The second-order valence-electron chi connectivity index (χ2n) is 9.79. The largest absolute Gasteiger partial charge is 0.385 e. The number of aliphatic hydroxyl groups is 1. The number of carbonyl (C=O) groups excluding carboxylic acids is 3. The third kappa shape index (κ3) is 3.74. The van der Waals surface area contributed by atoms with Gasteiger partial charge in [0.05, 0.1) is 0 Å². The molecule has 5 heteroatoms. The molecule has 160 valence electrons. The summed E-state index contributed by atoms with van der Waals surface area (Å²) in [4.78, 5) is 39.5. The number of Topliss-reactive ketones (excluding diaryl/α,β-unsaturated/α-hetero) is 2. The summed E-state index contributed by atoms with van der Waals surface area (Å²) >= 11 is 0. The third-order valence-corrected chi connectivity index (χ3v) is 7.31. The highest BCUT2D eigenvalue weighted by Crippen LogP contribution is 2.55. The first-order valence-corrected chi connectivity index (χ1v) is 11.0. The second kappa shape index (κ2) is 8.17. The van der Waals surface area contributed by atoms with Crippen LogP contribution in [0.3, 0.4) is 0 Å². The lowest BCUT2D eigenvalue weighted by Gasteiger charge is -2.45. The van der Waals surface area contributed by atoms with Crippen molar-refractivity contribution >= 4 is 17.5 Å². The fraction of sp³-hybridized carbons (Fsp3) is 0.708. The quantitative estimate of drug-likeness (QED) is 0.549. The fourth-order valence-electron chi connectivity index (χ4n) is 5.73. The monoisotopic (exact) mass is 401 g/mol. The van der Waals surface area contributed by atoms with Crippen molar-refractivity contribution in [1.82, 2.24) is 5.32 Å². The Morgan fingerprint density at radius 1 is 1.14 bits per heavy atom. The van der Waals surface area contributed by atoms with Crippen LogP contribution in [0.2, 0.25) is 0 Å². The SMILES string of the molecule is CC1=C[C@@H]2/C=C(/C)CC[C@@H](O)C(=O)CCC(=O)[C@]23C(=O)N[C@@H](CC(C)C)[C@@H]3[C@@H]1C. The Kier molecular flexibility index (Phi) is 6.19. The Morgan fingerprint density at radius 2 is 1.83 bits per heavy atom. The van der Waals surface area contributed by atoms with E-state index in [4.69, 9.17) is 0 Å². The molecular weight excluding hydrogens is 366 g/mol. The Balaban J connectivity index is 2.16. The molecule has 0 saturated carbocycles. The Hall–Kier alpha value is -1.75. The number of allylic oxidation sites excluding steroid dienone is 4. The molecule has 1 amide bonds. The van der Waals surface area contributed by atoms with Gasteiger partial charge in [0.25, 0.3) is 0 Å². The van der Waals surface area contributed by atoms with E-state index >= 15 is 0 Å². The molecule has 6 atom stereocenters. The minimum absolute atomic E-state index is 0.000553. The van der Waals surface area contributed by atoms with Crippen molar-refractivity contribution in [3.8, 4) is 0 Å². The van der Waals surface area contributed by atoms with Gasteiger partial charge in [-0.3, -0.25) is 14.4 Å². The molecule has 3 aliphatic rings. The van der Waals surface area contributed by atoms with Gasteiger partial charge in [-0.1, -0.05) is 44.1 Å². The van der Waals surface area contributed by atoms with Crippen LogP contribution >= 0.6 is 0 Å². The molecule has 2 aliphatic carbocycles. The number of aliphatic hydroxyl groups excluding tert-OH is 1. The number of hydrogen-bond acceptors (Lipinski definition) is 4. The molecule has 0 radical (unpaired) electrons. The van der Waals surface area contributed by atoms with Crippen LogP contribution in [0.5, 0.6) is 0 Å². The van der Waals surface area contributed by atoms with Crippen molar-refractivity contribution in [2.24, 2.45) is 29.1 Å². The summed E-state index contributed by atoms with van der Waals surface area (Å²) in [5.41, 5.74) is 1.06. The van der Waals surface area contributed by atoms with Gasteiger partial charge in [0, 0.05) is 30.7 Å². The van der Waals surface area contributed by atoms with E-state index < -0.39 is 11.5 Å². The van der Waals surface area contributed by atoms with E-state index in [2.05, 4.69) is 39.1 Å². The Bertz CT molecular complexity index is 765. The van der Waals surface area contributed by atoms with E-state index in [1.807, 2.05) is 13.0 Å². The standard InChI is InChI=1S/C24H35NO4/c1-13(2)10-18-22-16(5)15(4)12-17-11-14(3)6-7-19(26)20(27)8-9-21(28)24(17,22)23(29)25-18/h11-13,16-19,22,26H,6-10H2,1-5H3,(H,25,29)/b14-11-/t16-,17+,18+,19-,22+,24-/m1/s1. The van der Waals surface area contributed by atoms with Crippen molar-refractivity contribution in [2.75, 3.05) is 0 Å². The number of carbonyl (C=O) groups is 3. The van der Waals surface area contributed by atoms with Crippen molar-refractivity contribution in [3.05, 3.63) is 23.3 Å². The van der Waals surface area contributed by atoms with Crippen molar-refractivity contribution in [1.29, 1.82) is 0 Å². The Labute approximate surface area is 174 Å². The van der Waals surface area contributed by atoms with Crippen LogP contribution in [0.1, 0.15) is 66.7 Å². The fourth-order valence-corrected chi connectivity index (χ4v) is 5.73. The van der Waals surface area contributed by atoms with Gasteiger partial charge in [-0.15, -0.1) is 0 Å². The normalized spacial score (nSPS) is 40.4. The highest BCUT2D eigenvalue weighted by atomic mass is 16.3. The average molecular weight is 402 g/mol. The molecule has 3 rings (SSSR count). The lowest BCUT2D eigenvalue weighted by molar-refractivity contribution is -0.146. The first-order chi connectivity index (χ1) is 13.6. The molecular formula is C24H35NO4. The lowest BCUT2D eigenvalue weighted by Crippen LogP contribution is -2.52. The van der Waals surface area contributed by atoms with E-state index in [0.29, 0.717) is 18.8 Å². The zero-order valence-corrected chi connectivity index (χ0v) is 18.3. The molecule has 0 aromatic carbocycles. The first-order valence-electron chi connectivity index (χ1n) is 11.0. The molecule has 29 heavy (non-hydrogen) atoms. The maximum absolute atomic E-state index is 13.7. The van der Waals surface area contributed by atoms with Crippen LogP contribution in [-0.4, -0.2) is 34.7 Å². The number of ketones is 2. The summed E-state index contributed by atoms with van der Waals surface area (Å²) < 4.78 is 0. The number of amides is 1. The van der Waals surface area contributed by atoms with E-state index in [0.717, 1.165) is 12.0 Å². The van der Waals surface area contributed by atoms with E-state index in [9.17, 15) is 19.5 Å². The number of nitrogens with one attached hydrogen (secondary N) is 1. The molecule has 1 saturated heterocycles. The lowest BCUT2D eigenvalue weighted by atomic mass is 9.54. The summed E-state index contributed by atoms with van der Waals surface area (Å²) in [5, 5.41) is 13.3. The van der Waals surface area contributed by atoms with Crippen LogP contribution in [-0.2, 0) is 14.4 Å². The second-order valence-corrected chi connectivity index (χ2v) is 9.79. The van der Waals surface area contributed by atoms with E-state index in [-0.39, 0.29) is 54.1 Å². The predicted octanol–water partition coefficient (Wildman–Crippen LogP) is 3.37. The summed E-state index contributed by atoms with van der Waals surface area (Å²) in [6.07, 6.45) is 4.88. The molecule has 1 fully saturated rings. The smallest absolute Gasteiger partial charge is 0.235 e.